The third-order valence-corrected chi connectivity index (χ3v) is 21.4. The van der Waals surface area contributed by atoms with Crippen molar-refractivity contribution >= 4 is 102 Å². The van der Waals surface area contributed by atoms with E-state index >= 15 is 0 Å². The number of alkyl halides is 12. The maximum absolute atomic E-state index is 14.8. The van der Waals surface area contributed by atoms with Gasteiger partial charge in [0.25, 0.3) is 10.0 Å². The Balaban J connectivity index is 0.000000298. The third kappa shape index (κ3) is 31.9. The maximum atomic E-state index is 14.8. The minimum atomic E-state index is -4.89. The van der Waals surface area contributed by atoms with E-state index in [4.69, 9.17) is 34.8 Å². The van der Waals surface area contributed by atoms with Crippen LogP contribution in [-0.4, -0.2) is 183 Å². The number of carbonyl (C=O) groups excluding carboxylic acids is 1. The lowest BCUT2D eigenvalue weighted by Gasteiger charge is -2.34. The fourth-order valence-electron chi connectivity index (χ4n) is 11.4. The van der Waals surface area contributed by atoms with Gasteiger partial charge in [0, 0.05) is 96.6 Å². The number of hydrogen-bond acceptors (Lipinski definition) is 24. The molecule has 0 saturated heterocycles. The average molecular weight is 1950 g/mol. The molecular weight excluding hydrogens is 1850 g/mol. The second-order valence-electron chi connectivity index (χ2n) is 34.6. The number of hydrogen-bond donors (Lipinski definition) is 10. The molecule has 9 atom stereocenters. The van der Waals surface area contributed by atoms with Crippen LogP contribution in [0.25, 0.3) is 44.8 Å². The smallest absolute Gasteiger partial charge is 0.384 e. The largest absolute Gasteiger partial charge is 0.414 e. The van der Waals surface area contributed by atoms with Crippen molar-refractivity contribution in [1.29, 1.82) is 0 Å². The number of nitrogens with zero attached hydrogens (tertiary/aromatic N) is 13. The predicted molar refractivity (Wildman–Crippen MR) is 451 cm³/mol. The number of halogens is 22. The van der Waals surface area contributed by atoms with Crippen LogP contribution in [0.3, 0.4) is 0 Å². The second-order valence-corrected chi connectivity index (χ2v) is 37.4. The highest BCUT2D eigenvalue weighted by Crippen LogP contribution is 2.40. The van der Waals surface area contributed by atoms with Gasteiger partial charge >= 0.3 is 24.7 Å². The number of aliphatic hydroxyl groups is 4. The minimum Gasteiger partial charge on any atom is -0.384 e. The first-order chi connectivity index (χ1) is 59.0. The Kier molecular flexibility index (Phi) is 37.4. The van der Waals surface area contributed by atoms with E-state index in [1.807, 2.05) is 20.8 Å². The van der Waals surface area contributed by atoms with Crippen molar-refractivity contribution in [3.05, 3.63) is 154 Å². The van der Waals surface area contributed by atoms with Crippen molar-refractivity contribution in [2.24, 2.45) is 27.1 Å². The van der Waals surface area contributed by atoms with Gasteiger partial charge in [0.2, 0.25) is 15.9 Å². The van der Waals surface area contributed by atoms with Crippen molar-refractivity contribution in [3.63, 3.8) is 0 Å². The summed E-state index contributed by atoms with van der Waals surface area (Å²) in [5, 5.41) is 50.7. The molecule has 49 heteroatoms. The molecule has 0 radical (unpaired) electrons. The normalized spacial score (nSPS) is 14.6. The molecule has 26 nitrogen and oxygen atoms in total. The van der Waals surface area contributed by atoms with Crippen molar-refractivity contribution in [2.75, 3.05) is 26.6 Å². The van der Waals surface area contributed by atoms with E-state index in [2.05, 4.69) is 91.4 Å². The van der Waals surface area contributed by atoms with E-state index in [-0.39, 0.29) is 97.6 Å². The van der Waals surface area contributed by atoms with Crippen LogP contribution in [0.5, 0.6) is 0 Å². The number of fused-ring (bicyclic) bond motifs is 2. The van der Waals surface area contributed by atoms with Crippen LogP contribution in [0.1, 0.15) is 149 Å². The maximum Gasteiger partial charge on any atom is 0.414 e. The Bertz CT molecular complexity index is 5450. The first-order valence-electron chi connectivity index (χ1n) is 38.5. The van der Waals surface area contributed by atoms with Gasteiger partial charge in [0.05, 0.1) is 48.3 Å². The van der Waals surface area contributed by atoms with Crippen LogP contribution >= 0.6 is 34.8 Å². The molecule has 0 saturated carbocycles. The first kappa shape index (κ1) is 111. The molecule has 0 aliphatic rings. The lowest BCUT2D eigenvalue weighted by atomic mass is 9.83. The molecule has 130 heavy (non-hydrogen) atoms. The summed E-state index contributed by atoms with van der Waals surface area (Å²) in [6.45, 7) is 27.4. The van der Waals surface area contributed by atoms with Gasteiger partial charge in [-0.2, -0.15) is 67.6 Å². The zero-order valence-corrected chi connectivity index (χ0v) is 74.6. The highest BCUT2D eigenvalue weighted by Gasteiger charge is 2.46. The number of carbonyl (C=O) groups is 1. The second kappa shape index (κ2) is 44.0. The molecule has 10 rings (SSSR count). The van der Waals surface area contributed by atoms with Crippen LogP contribution in [0.2, 0.25) is 15.9 Å². The highest BCUT2D eigenvalue weighted by atomic mass is 35.5. The molecule has 0 spiro atoms. The van der Waals surface area contributed by atoms with Crippen LogP contribution in [-0.2, 0) is 14.8 Å². The summed E-state index contributed by atoms with van der Waals surface area (Å²) in [6, 6.07) is 4.21. The molecule has 9 aromatic heterocycles. The molecule has 1 aromatic carbocycles. The summed E-state index contributed by atoms with van der Waals surface area (Å²) < 4.78 is 278. The number of aryl methyl sites for hydroxylation is 1. The van der Waals surface area contributed by atoms with E-state index in [9.17, 15) is 117 Å². The highest BCUT2D eigenvalue weighted by molar-refractivity contribution is 7.90. The van der Waals surface area contributed by atoms with Gasteiger partial charge in [0.15, 0.2) is 99.9 Å². The standard InChI is InChI=1S/C26H26F5N5O3S.C19H20F5N5O.2C12H16ClF4N3O.C11H15ClFN3O.CH4/c1-14-5-7-16(8-6-14)40(38,39)36-13-18(17-9-15(27)11-33-24(17)36)22-32-12-19(28)23(35-22)34-20(25(2,3)4)10-21(37)26(29,30)31;1-18(2,3)13(5-14(30)19(22,23)24)28-17-12(21)8-27-16(29-17)11-7-26-15-10(11)4-9(20)6-25-15;2*1-11(2,3)7(4-8(21)12(15,16)17)19-9-6(14)5-18-10(13)20-9;1-11(2,3)8(4-5-17)15-9-7(13)6-14-10(12)16-9;/h5-9,11-13,20-21,37H,10H2,1-4H3,(H,32,34,35);4,6-8,13-14,30H,5H2,1-3H3,(H,25,26)(H,27,28,29);2*5,7-8,21H,4H2,1-3H3,(H,18,19,20);5-6,8H,4H2,1-3H3,(H,14,15,16);1H4/t20-,21?;13-,14?;2*7-,8?;8-;/m11111./s1. The van der Waals surface area contributed by atoms with Gasteiger partial charge in [-0.15, -0.1) is 0 Å². The molecule has 10 N–H and O–H groups in total. The van der Waals surface area contributed by atoms with E-state index in [1.54, 1.807) is 102 Å². The molecule has 10 aromatic rings. The van der Waals surface area contributed by atoms with Gasteiger partial charge in [0.1, 0.15) is 23.6 Å². The summed E-state index contributed by atoms with van der Waals surface area (Å²) in [6.07, 6.45) is -22.5. The fourth-order valence-corrected chi connectivity index (χ4v) is 13.2. The van der Waals surface area contributed by atoms with E-state index in [0.29, 0.717) is 16.6 Å². The summed E-state index contributed by atoms with van der Waals surface area (Å²) in [5.41, 5.74) is -1.82. The van der Waals surface area contributed by atoms with E-state index in [0.717, 1.165) is 71.5 Å². The molecule has 718 valence electrons. The Morgan fingerprint density at radius 1 is 0.415 bits per heavy atom. The number of pyridine rings is 2. The molecule has 0 aliphatic heterocycles. The summed E-state index contributed by atoms with van der Waals surface area (Å²) >= 11 is 16.7. The number of aromatic nitrogens is 14. The van der Waals surface area contributed by atoms with Gasteiger partial charge in [-0.3, -0.25) is 0 Å². The average Bonchev–Trinajstić information content (AvgIpc) is 1.59. The molecule has 9 heterocycles. The zero-order chi connectivity index (χ0) is 97.8. The number of aldehydes is 1. The van der Waals surface area contributed by atoms with Crippen LogP contribution in [0, 0.1) is 74.7 Å². The van der Waals surface area contributed by atoms with E-state index < -0.39 is 177 Å². The third-order valence-electron chi connectivity index (χ3n) is 19.2. The summed E-state index contributed by atoms with van der Waals surface area (Å²) in [5.74, 6) is -7.10. The summed E-state index contributed by atoms with van der Waals surface area (Å²) in [7, 11) is -4.21. The number of anilines is 5. The molecule has 0 fully saturated rings. The predicted octanol–water partition coefficient (Wildman–Crippen LogP) is 20.0. The SMILES string of the molecule is C.CC(C)(C)[C@@H](CC(O)C(F)(F)F)Nc1nc(-c2c[nH]c3ncc(F)cc23)ncc1F.CC(C)(C)[C@@H](CC(O)C(F)(F)F)Nc1nc(Cl)ncc1F.CC(C)(C)[C@@H](CC(O)C(F)(F)F)Nc1nc(Cl)ncc1F.CC(C)(C)[C@@H](CC=O)Nc1nc(Cl)ncc1F.Cc1ccc(S(=O)(=O)n2cc(-c3ncc(F)c(N[C@H](CC(O)C(F)(F)F)C(C)(C)C)n3)c3cc(F)cnc32)cc1. The molecule has 0 amide bonds. The van der Waals surface area contributed by atoms with Crippen molar-refractivity contribution in [1.82, 2.24) is 68.8 Å². The van der Waals surface area contributed by atoms with Crippen LogP contribution in [0.4, 0.5) is 113 Å². The number of benzene rings is 1. The molecular formula is C81H97Cl3F19N19O7S. The quantitative estimate of drug-likeness (QED) is 0.0153. The van der Waals surface area contributed by atoms with Crippen LogP contribution < -0.4 is 26.6 Å². The van der Waals surface area contributed by atoms with Crippen molar-refractivity contribution < 1.29 is 117 Å². The van der Waals surface area contributed by atoms with Crippen LogP contribution in [0.15, 0.2) is 97.1 Å². The minimum absolute atomic E-state index is 0. The van der Waals surface area contributed by atoms with E-state index in [1.165, 1.54) is 24.4 Å². The van der Waals surface area contributed by atoms with Crippen molar-refractivity contribution in [3.8, 4) is 22.8 Å². The number of nitrogens with one attached hydrogen (secondary N) is 6. The Labute approximate surface area is 749 Å². The molecule has 0 aliphatic carbocycles. The lowest BCUT2D eigenvalue weighted by molar-refractivity contribution is -0.207. The number of aromatic amines is 1. The van der Waals surface area contributed by atoms with Gasteiger partial charge in [-0.05, 0) is 93.1 Å². The zero-order valence-electron chi connectivity index (χ0n) is 71.5. The molecule has 4 unspecified atom stereocenters. The lowest BCUT2D eigenvalue weighted by Crippen LogP contribution is -2.42. The number of rotatable bonds is 24. The first-order valence-corrected chi connectivity index (χ1v) is 41.0. The van der Waals surface area contributed by atoms with Gasteiger partial charge < -0.3 is 56.8 Å². The fraction of sp³-hybridized carbons (Fsp3) is 0.494. The topological polar surface area (TPSA) is 368 Å². The summed E-state index contributed by atoms with van der Waals surface area (Å²) in [4.78, 5) is 58.6. The van der Waals surface area contributed by atoms with Gasteiger partial charge in [-0.1, -0.05) is 129 Å². The Morgan fingerprint density at radius 2 is 0.708 bits per heavy atom. The number of H-pyrrole nitrogens is 1. The monoisotopic (exact) mass is 1950 g/mol. The number of aliphatic hydroxyl groups excluding tert-OH is 4. The van der Waals surface area contributed by atoms with Crippen molar-refractivity contribution in [2.45, 2.75) is 235 Å². The molecule has 0 bridgehead atoms. The Morgan fingerprint density at radius 3 is 1.02 bits per heavy atom. The van der Waals surface area contributed by atoms with Gasteiger partial charge in [-0.25, -0.2) is 88.0 Å². The Hall–Kier alpha value is -10.0.